The summed E-state index contributed by atoms with van der Waals surface area (Å²) >= 11 is 0. The molecule has 1 saturated carbocycles. The average Bonchev–Trinajstić information content (AvgIpc) is 2.90. The molecule has 2 aliphatic rings. The van der Waals surface area contributed by atoms with Crippen molar-refractivity contribution < 1.29 is 14.6 Å². The van der Waals surface area contributed by atoms with Crippen molar-refractivity contribution in [2.24, 2.45) is 0 Å². The van der Waals surface area contributed by atoms with Crippen LogP contribution >= 0.6 is 0 Å². The monoisotopic (exact) mass is 295 g/mol. The molecular weight excluding hydrogens is 270 g/mol. The van der Waals surface area contributed by atoms with Gasteiger partial charge in [0.15, 0.2) is 0 Å². The first-order chi connectivity index (χ1) is 10.1. The van der Waals surface area contributed by atoms with Gasteiger partial charge in [-0.3, -0.25) is 9.69 Å². The van der Waals surface area contributed by atoms with Crippen LogP contribution in [0.3, 0.4) is 0 Å². The summed E-state index contributed by atoms with van der Waals surface area (Å²) in [7, 11) is 1.65. The van der Waals surface area contributed by atoms with Crippen molar-refractivity contribution in [1.29, 1.82) is 5.26 Å². The Morgan fingerprint density at radius 2 is 2.19 bits per heavy atom. The largest absolute Gasteiger partial charge is 0.395 e. The molecule has 1 heterocycles. The molecule has 0 radical (unpaired) electrons. The maximum absolute atomic E-state index is 12.3. The number of nitriles is 1. The highest BCUT2D eigenvalue weighted by molar-refractivity contribution is 5.79. The van der Waals surface area contributed by atoms with Crippen molar-refractivity contribution in [3.63, 3.8) is 0 Å². The van der Waals surface area contributed by atoms with E-state index in [1.54, 1.807) is 7.11 Å². The first kappa shape index (κ1) is 16.2. The summed E-state index contributed by atoms with van der Waals surface area (Å²) in [6, 6.07) is 2.26. The number of nitrogens with one attached hydrogen (secondary N) is 1. The van der Waals surface area contributed by atoms with Crippen LogP contribution in [0.4, 0.5) is 0 Å². The minimum atomic E-state index is -0.690. The third-order valence-electron chi connectivity index (χ3n) is 4.68. The molecule has 0 bridgehead atoms. The van der Waals surface area contributed by atoms with Gasteiger partial charge < -0.3 is 15.2 Å². The van der Waals surface area contributed by atoms with Gasteiger partial charge in [0.2, 0.25) is 5.91 Å². The Morgan fingerprint density at radius 3 is 2.76 bits per heavy atom. The Morgan fingerprint density at radius 1 is 1.48 bits per heavy atom. The summed E-state index contributed by atoms with van der Waals surface area (Å²) in [5, 5.41) is 21.7. The second-order valence-electron chi connectivity index (χ2n) is 6.16. The van der Waals surface area contributed by atoms with Crippen LogP contribution < -0.4 is 5.32 Å². The molecule has 2 rings (SSSR count). The number of likely N-dealkylation sites (tertiary alicyclic amines) is 1. The molecule has 1 saturated heterocycles. The number of rotatable bonds is 5. The summed E-state index contributed by atoms with van der Waals surface area (Å²) in [6.07, 6.45) is 5.38. The second kappa shape index (κ2) is 7.21. The van der Waals surface area contributed by atoms with Gasteiger partial charge in [-0.15, -0.1) is 0 Å². The summed E-state index contributed by atoms with van der Waals surface area (Å²) in [4.78, 5) is 14.2. The zero-order chi connectivity index (χ0) is 15.3. The predicted molar refractivity (Wildman–Crippen MR) is 77.4 cm³/mol. The van der Waals surface area contributed by atoms with E-state index in [-0.39, 0.29) is 31.2 Å². The first-order valence-corrected chi connectivity index (χ1v) is 7.72. The average molecular weight is 295 g/mol. The highest BCUT2D eigenvalue weighted by Gasteiger charge is 2.36. The lowest BCUT2D eigenvalue weighted by molar-refractivity contribution is -0.124. The standard InChI is InChI=1S/C15H25N3O3/c1-21-13-7-12(10-19)18(8-13)9-14(20)17-15(11-16)5-3-2-4-6-15/h12-13,19H,2-10H2,1H3,(H,17,20)/t12-,13-/m0/s1. The summed E-state index contributed by atoms with van der Waals surface area (Å²) < 4.78 is 5.31. The zero-order valence-corrected chi connectivity index (χ0v) is 12.7. The molecule has 0 aromatic rings. The van der Waals surface area contributed by atoms with Crippen molar-refractivity contribution in [3.05, 3.63) is 0 Å². The SMILES string of the molecule is CO[C@H]1C[C@@H](CO)N(CC(=O)NC2(C#N)CCCCC2)C1. The molecule has 6 heteroatoms. The smallest absolute Gasteiger partial charge is 0.235 e. The highest BCUT2D eigenvalue weighted by atomic mass is 16.5. The number of carbonyl (C=O) groups excluding carboxylic acids is 1. The van der Waals surface area contributed by atoms with Crippen molar-refractivity contribution in [2.75, 3.05) is 26.8 Å². The Labute approximate surface area is 126 Å². The highest BCUT2D eigenvalue weighted by Crippen LogP contribution is 2.27. The lowest BCUT2D eigenvalue weighted by Crippen LogP contribution is -2.52. The topological polar surface area (TPSA) is 85.6 Å². The number of carbonyl (C=O) groups is 1. The molecule has 118 valence electrons. The molecule has 6 nitrogen and oxygen atoms in total. The Bertz CT molecular complexity index is 401. The lowest BCUT2D eigenvalue weighted by Gasteiger charge is -2.32. The van der Waals surface area contributed by atoms with Crippen molar-refractivity contribution in [3.8, 4) is 6.07 Å². The maximum Gasteiger partial charge on any atom is 0.235 e. The number of hydrogen-bond acceptors (Lipinski definition) is 5. The Hall–Kier alpha value is -1.16. The van der Waals surface area contributed by atoms with E-state index in [9.17, 15) is 15.2 Å². The van der Waals surface area contributed by atoms with Crippen LogP contribution in [0.5, 0.6) is 0 Å². The van der Waals surface area contributed by atoms with Crippen LogP contribution in [0, 0.1) is 11.3 Å². The van der Waals surface area contributed by atoms with E-state index in [0.717, 1.165) is 38.5 Å². The molecule has 0 aromatic carbocycles. The van der Waals surface area contributed by atoms with E-state index >= 15 is 0 Å². The third-order valence-corrected chi connectivity index (χ3v) is 4.68. The van der Waals surface area contributed by atoms with Gasteiger partial charge in [0.05, 0.1) is 25.3 Å². The van der Waals surface area contributed by atoms with Gasteiger partial charge in [-0.25, -0.2) is 0 Å². The van der Waals surface area contributed by atoms with Crippen LogP contribution in [-0.2, 0) is 9.53 Å². The summed E-state index contributed by atoms with van der Waals surface area (Å²) in [5.74, 6) is -0.131. The van der Waals surface area contributed by atoms with Gasteiger partial charge in [-0.2, -0.15) is 5.26 Å². The number of hydrogen-bond donors (Lipinski definition) is 2. The molecule has 1 amide bonds. The summed E-state index contributed by atoms with van der Waals surface area (Å²) in [5.41, 5.74) is -0.690. The number of amides is 1. The molecule has 0 spiro atoms. The molecule has 1 aliphatic heterocycles. The van der Waals surface area contributed by atoms with Gasteiger partial charge in [0.25, 0.3) is 0 Å². The fraction of sp³-hybridized carbons (Fsp3) is 0.867. The van der Waals surface area contributed by atoms with Crippen LogP contribution in [0.1, 0.15) is 38.5 Å². The van der Waals surface area contributed by atoms with Crippen molar-refractivity contribution >= 4 is 5.91 Å². The van der Waals surface area contributed by atoms with Crippen molar-refractivity contribution in [1.82, 2.24) is 10.2 Å². The fourth-order valence-electron chi connectivity index (χ4n) is 3.40. The van der Waals surface area contributed by atoms with Gasteiger partial charge in [0, 0.05) is 19.7 Å². The molecule has 0 aromatic heterocycles. The normalized spacial score (nSPS) is 29.0. The van der Waals surface area contributed by atoms with Gasteiger partial charge >= 0.3 is 0 Å². The number of ether oxygens (including phenoxy) is 1. The number of aliphatic hydroxyl groups is 1. The van der Waals surface area contributed by atoms with E-state index in [2.05, 4.69) is 11.4 Å². The molecule has 2 atom stereocenters. The van der Waals surface area contributed by atoms with E-state index in [4.69, 9.17) is 4.74 Å². The molecule has 2 N–H and O–H groups in total. The van der Waals surface area contributed by atoms with Crippen molar-refractivity contribution in [2.45, 2.75) is 56.2 Å². The fourth-order valence-corrected chi connectivity index (χ4v) is 3.40. The van der Waals surface area contributed by atoms with Crippen LogP contribution in [0.15, 0.2) is 0 Å². The van der Waals surface area contributed by atoms with E-state index < -0.39 is 5.54 Å². The quantitative estimate of drug-likeness (QED) is 0.767. The van der Waals surface area contributed by atoms with Gasteiger partial charge in [-0.05, 0) is 19.3 Å². The molecule has 1 aliphatic carbocycles. The number of aliphatic hydroxyl groups excluding tert-OH is 1. The minimum absolute atomic E-state index is 0.0243. The molecule has 0 unspecified atom stereocenters. The van der Waals surface area contributed by atoms with E-state index in [1.165, 1.54) is 0 Å². The molecular formula is C15H25N3O3. The molecule has 21 heavy (non-hydrogen) atoms. The van der Waals surface area contributed by atoms with Crippen LogP contribution in [0.25, 0.3) is 0 Å². The number of methoxy groups -OCH3 is 1. The van der Waals surface area contributed by atoms with Crippen LogP contribution in [0.2, 0.25) is 0 Å². The molecule has 2 fully saturated rings. The van der Waals surface area contributed by atoms with Gasteiger partial charge in [-0.1, -0.05) is 19.3 Å². The van der Waals surface area contributed by atoms with E-state index in [1.807, 2.05) is 4.90 Å². The Kier molecular flexibility index (Phi) is 5.57. The van der Waals surface area contributed by atoms with Crippen LogP contribution in [-0.4, -0.2) is 60.4 Å². The zero-order valence-electron chi connectivity index (χ0n) is 12.7. The lowest BCUT2D eigenvalue weighted by atomic mass is 9.83. The van der Waals surface area contributed by atoms with E-state index in [0.29, 0.717) is 6.54 Å². The minimum Gasteiger partial charge on any atom is -0.395 e. The Balaban J connectivity index is 1.90. The van der Waals surface area contributed by atoms with Gasteiger partial charge in [0.1, 0.15) is 5.54 Å². The first-order valence-electron chi connectivity index (χ1n) is 7.72. The number of nitrogens with zero attached hydrogens (tertiary/aromatic N) is 2. The maximum atomic E-state index is 12.3. The second-order valence-corrected chi connectivity index (χ2v) is 6.16. The predicted octanol–water partition coefficient (Wildman–Crippen LogP) is 0.411. The summed E-state index contributed by atoms with van der Waals surface area (Å²) in [6.45, 7) is 0.889. The third kappa shape index (κ3) is 3.94.